The Morgan fingerprint density at radius 3 is 2.52 bits per heavy atom. The third-order valence-electron chi connectivity index (χ3n) is 5.12. The summed E-state index contributed by atoms with van der Waals surface area (Å²) in [5, 5.41) is 4.87. The molecular formula is C27H18BrN3O2. The summed E-state index contributed by atoms with van der Waals surface area (Å²) in [5.41, 5.74) is 6.48. The van der Waals surface area contributed by atoms with Crippen LogP contribution in [0.25, 0.3) is 33.5 Å². The van der Waals surface area contributed by atoms with Gasteiger partial charge in [-0.1, -0.05) is 76.6 Å². The van der Waals surface area contributed by atoms with Crippen molar-refractivity contribution >= 4 is 39.0 Å². The van der Waals surface area contributed by atoms with E-state index in [1.165, 1.54) is 6.21 Å². The highest BCUT2D eigenvalue weighted by atomic mass is 79.9. The predicted molar refractivity (Wildman–Crippen MR) is 134 cm³/mol. The first-order valence-corrected chi connectivity index (χ1v) is 11.1. The van der Waals surface area contributed by atoms with E-state index in [0.29, 0.717) is 11.3 Å². The molecule has 5 nitrogen and oxygen atoms in total. The van der Waals surface area contributed by atoms with Gasteiger partial charge in [0.2, 0.25) is 0 Å². The van der Waals surface area contributed by atoms with Gasteiger partial charge in [-0.25, -0.2) is 10.4 Å². The molecule has 0 atom stereocenters. The Labute approximate surface area is 198 Å². The molecule has 0 unspecified atom stereocenters. The minimum atomic E-state index is -0.319. The number of nitrogens with one attached hydrogen (secondary N) is 1. The summed E-state index contributed by atoms with van der Waals surface area (Å²) < 4.78 is 6.80. The summed E-state index contributed by atoms with van der Waals surface area (Å²) in [5.74, 6) is 0.937. The zero-order valence-electron chi connectivity index (χ0n) is 17.4. The summed E-state index contributed by atoms with van der Waals surface area (Å²) >= 11 is 3.46. The van der Waals surface area contributed by atoms with Gasteiger partial charge in [0.05, 0.1) is 23.0 Å². The standard InChI is InChI=1S/C27H18BrN3O2/c28-20-10-6-9-19(15-20)26-14-13-21(33-26)17-29-31-27(32)23-16-25(18-7-2-1-3-8-18)30-24-12-5-4-11-22(23)24/h1-17H,(H,31,32)/b29-17-. The van der Waals surface area contributed by atoms with E-state index in [2.05, 4.69) is 26.5 Å². The predicted octanol–water partition coefficient (Wildman–Crippen LogP) is 6.69. The lowest BCUT2D eigenvalue weighted by Gasteiger charge is -2.09. The molecule has 33 heavy (non-hydrogen) atoms. The maximum atomic E-state index is 13.0. The number of hydrogen-bond donors (Lipinski definition) is 1. The fraction of sp³-hybridized carbons (Fsp3) is 0. The molecular weight excluding hydrogens is 478 g/mol. The van der Waals surface area contributed by atoms with Gasteiger partial charge in [0.25, 0.3) is 5.91 Å². The first kappa shape index (κ1) is 20.8. The van der Waals surface area contributed by atoms with Crippen molar-refractivity contribution in [2.45, 2.75) is 0 Å². The normalized spacial score (nSPS) is 11.2. The summed E-state index contributed by atoms with van der Waals surface area (Å²) in [7, 11) is 0. The molecule has 0 bridgehead atoms. The molecule has 1 amide bonds. The Morgan fingerprint density at radius 2 is 1.67 bits per heavy atom. The SMILES string of the molecule is O=C(N/N=C\c1ccc(-c2cccc(Br)c2)o1)c1cc(-c2ccccc2)nc2ccccc12. The largest absolute Gasteiger partial charge is 0.455 e. The molecule has 0 aliphatic rings. The van der Waals surface area contributed by atoms with Crippen molar-refractivity contribution in [2.75, 3.05) is 0 Å². The average molecular weight is 496 g/mol. The average Bonchev–Trinajstić information content (AvgIpc) is 3.33. The van der Waals surface area contributed by atoms with Crippen LogP contribution in [0.5, 0.6) is 0 Å². The van der Waals surface area contributed by atoms with Gasteiger partial charge < -0.3 is 4.42 Å². The topological polar surface area (TPSA) is 67.5 Å². The molecule has 5 aromatic rings. The highest BCUT2D eigenvalue weighted by Crippen LogP contribution is 2.26. The molecule has 160 valence electrons. The van der Waals surface area contributed by atoms with Crippen molar-refractivity contribution in [1.29, 1.82) is 0 Å². The Balaban J connectivity index is 1.39. The molecule has 0 aliphatic heterocycles. The zero-order valence-corrected chi connectivity index (χ0v) is 19.0. The fourth-order valence-corrected chi connectivity index (χ4v) is 3.95. The van der Waals surface area contributed by atoms with Crippen LogP contribution in [0.2, 0.25) is 0 Å². The molecule has 0 radical (unpaired) electrons. The van der Waals surface area contributed by atoms with Crippen LogP contribution in [0, 0.1) is 0 Å². The van der Waals surface area contributed by atoms with Gasteiger partial charge in [0, 0.05) is 21.0 Å². The molecule has 0 spiro atoms. The van der Waals surface area contributed by atoms with E-state index >= 15 is 0 Å². The number of halogens is 1. The quantitative estimate of drug-likeness (QED) is 0.218. The van der Waals surface area contributed by atoms with E-state index in [1.807, 2.05) is 84.9 Å². The number of carbonyl (C=O) groups is 1. The molecule has 0 saturated heterocycles. The second-order valence-electron chi connectivity index (χ2n) is 7.35. The van der Waals surface area contributed by atoms with Crippen molar-refractivity contribution in [3.63, 3.8) is 0 Å². The summed E-state index contributed by atoms with van der Waals surface area (Å²) in [6, 6.07) is 30.7. The first-order chi connectivity index (χ1) is 16.2. The number of carbonyl (C=O) groups excluding carboxylic acids is 1. The van der Waals surface area contributed by atoms with Gasteiger partial charge in [-0.15, -0.1) is 0 Å². The fourth-order valence-electron chi connectivity index (χ4n) is 3.55. The van der Waals surface area contributed by atoms with Gasteiger partial charge in [0.15, 0.2) is 0 Å². The Bertz CT molecular complexity index is 1480. The lowest BCUT2D eigenvalue weighted by molar-refractivity contribution is 0.0956. The minimum Gasteiger partial charge on any atom is -0.455 e. The van der Waals surface area contributed by atoms with Crippen LogP contribution in [-0.2, 0) is 0 Å². The van der Waals surface area contributed by atoms with Crippen molar-refractivity contribution in [1.82, 2.24) is 10.4 Å². The Morgan fingerprint density at radius 1 is 0.879 bits per heavy atom. The van der Waals surface area contributed by atoms with Crippen LogP contribution < -0.4 is 5.43 Å². The molecule has 3 aromatic carbocycles. The lowest BCUT2D eigenvalue weighted by atomic mass is 10.0. The van der Waals surface area contributed by atoms with E-state index in [9.17, 15) is 4.79 Å². The van der Waals surface area contributed by atoms with Crippen molar-refractivity contribution in [2.24, 2.45) is 5.10 Å². The number of nitrogens with zero attached hydrogens (tertiary/aromatic N) is 2. The molecule has 2 aromatic heterocycles. The van der Waals surface area contributed by atoms with E-state index < -0.39 is 0 Å². The number of amides is 1. The number of pyridine rings is 1. The van der Waals surface area contributed by atoms with Gasteiger partial charge >= 0.3 is 0 Å². The Hall–Kier alpha value is -4.03. The molecule has 6 heteroatoms. The number of fused-ring (bicyclic) bond motifs is 1. The number of hydrazone groups is 1. The smallest absolute Gasteiger partial charge is 0.272 e. The van der Waals surface area contributed by atoms with Crippen molar-refractivity contribution in [3.8, 4) is 22.6 Å². The number of hydrogen-bond acceptors (Lipinski definition) is 4. The lowest BCUT2D eigenvalue weighted by Crippen LogP contribution is -2.18. The molecule has 0 aliphatic carbocycles. The van der Waals surface area contributed by atoms with Gasteiger partial charge in [0.1, 0.15) is 11.5 Å². The highest BCUT2D eigenvalue weighted by Gasteiger charge is 2.13. The van der Waals surface area contributed by atoms with Crippen LogP contribution in [0.4, 0.5) is 0 Å². The van der Waals surface area contributed by atoms with Crippen LogP contribution in [0.15, 0.2) is 111 Å². The third kappa shape index (κ3) is 4.61. The van der Waals surface area contributed by atoms with Crippen LogP contribution >= 0.6 is 15.9 Å². The highest BCUT2D eigenvalue weighted by molar-refractivity contribution is 9.10. The van der Waals surface area contributed by atoms with Crippen LogP contribution in [0.3, 0.4) is 0 Å². The first-order valence-electron chi connectivity index (χ1n) is 10.3. The number of rotatable bonds is 5. The van der Waals surface area contributed by atoms with Crippen LogP contribution in [-0.4, -0.2) is 17.1 Å². The number of aromatic nitrogens is 1. The maximum absolute atomic E-state index is 13.0. The Kier molecular flexibility index (Phi) is 5.83. The molecule has 0 fully saturated rings. The number of para-hydroxylation sites is 1. The molecule has 1 N–H and O–H groups in total. The monoisotopic (exact) mass is 495 g/mol. The van der Waals surface area contributed by atoms with E-state index in [4.69, 9.17) is 9.40 Å². The minimum absolute atomic E-state index is 0.319. The summed E-state index contributed by atoms with van der Waals surface area (Å²) in [6.45, 7) is 0. The van der Waals surface area contributed by atoms with Crippen LogP contribution in [0.1, 0.15) is 16.1 Å². The second-order valence-corrected chi connectivity index (χ2v) is 8.27. The van der Waals surface area contributed by atoms with Crippen molar-refractivity contribution < 1.29 is 9.21 Å². The zero-order chi connectivity index (χ0) is 22.6. The summed E-state index contributed by atoms with van der Waals surface area (Å²) in [4.78, 5) is 17.7. The van der Waals surface area contributed by atoms with Gasteiger partial charge in [-0.3, -0.25) is 4.79 Å². The third-order valence-corrected chi connectivity index (χ3v) is 5.62. The van der Waals surface area contributed by atoms with Crippen molar-refractivity contribution in [3.05, 3.63) is 113 Å². The number of benzene rings is 3. The summed E-state index contributed by atoms with van der Waals surface area (Å²) in [6.07, 6.45) is 1.49. The van der Waals surface area contributed by atoms with E-state index in [0.717, 1.165) is 38.0 Å². The van der Waals surface area contributed by atoms with E-state index in [1.54, 1.807) is 12.1 Å². The molecule has 2 heterocycles. The molecule has 5 rings (SSSR count). The van der Waals surface area contributed by atoms with Gasteiger partial charge in [-0.2, -0.15) is 5.10 Å². The second kappa shape index (κ2) is 9.22. The molecule has 0 saturated carbocycles. The van der Waals surface area contributed by atoms with Gasteiger partial charge in [-0.05, 0) is 36.4 Å². The maximum Gasteiger partial charge on any atom is 0.272 e. The van der Waals surface area contributed by atoms with E-state index in [-0.39, 0.29) is 5.91 Å². The number of furan rings is 1.